The molecule has 1 aliphatic carbocycles. The Kier molecular flexibility index (Phi) is 4.00. The third-order valence-electron chi connectivity index (χ3n) is 3.12. The van der Waals surface area contributed by atoms with Crippen LogP contribution in [-0.4, -0.2) is 29.3 Å². The first-order valence-corrected chi connectivity index (χ1v) is 6.41. The van der Waals surface area contributed by atoms with Crippen molar-refractivity contribution < 1.29 is 9.59 Å². The van der Waals surface area contributed by atoms with Gasteiger partial charge in [-0.1, -0.05) is 6.08 Å². The zero-order valence-electron chi connectivity index (χ0n) is 11.1. The summed E-state index contributed by atoms with van der Waals surface area (Å²) in [4.78, 5) is 25.0. The summed E-state index contributed by atoms with van der Waals surface area (Å²) in [6, 6.07) is 7.15. The third kappa shape index (κ3) is 3.44. The number of ketones is 1. The highest BCUT2D eigenvalue weighted by atomic mass is 16.2. The number of carbonyl (C=O) groups is 2. The van der Waals surface area contributed by atoms with Gasteiger partial charge in [0, 0.05) is 23.8 Å². The van der Waals surface area contributed by atoms with Crippen LogP contribution in [0.2, 0.25) is 0 Å². The predicted octanol–water partition coefficient (Wildman–Crippen LogP) is 3.07. The zero-order valence-corrected chi connectivity index (χ0v) is 11.1. The molecule has 0 bridgehead atoms. The number of rotatable bonds is 5. The van der Waals surface area contributed by atoms with Crippen molar-refractivity contribution >= 4 is 17.5 Å². The standard InChI is InChI=1S/C15H18N2O2/c1-3-10-17(14-8-9-14)15(19)16-13-6-4-12(5-7-13)11(2)18/h3-7,14H,1,8-10H2,2H3,(H,16,19). The van der Waals surface area contributed by atoms with Crippen molar-refractivity contribution in [2.45, 2.75) is 25.8 Å². The quantitative estimate of drug-likeness (QED) is 0.651. The molecule has 0 radical (unpaired) electrons. The molecule has 0 aromatic heterocycles. The number of nitrogens with one attached hydrogen (secondary N) is 1. The summed E-state index contributed by atoms with van der Waals surface area (Å²) in [6.07, 6.45) is 3.85. The Hall–Kier alpha value is -2.10. The van der Waals surface area contributed by atoms with Gasteiger partial charge < -0.3 is 10.2 Å². The maximum Gasteiger partial charge on any atom is 0.322 e. The van der Waals surface area contributed by atoms with Crippen LogP contribution in [0.25, 0.3) is 0 Å². The number of hydrogen-bond donors (Lipinski definition) is 1. The van der Waals surface area contributed by atoms with Gasteiger partial charge in [-0.25, -0.2) is 4.79 Å². The Morgan fingerprint density at radius 2 is 2.00 bits per heavy atom. The third-order valence-corrected chi connectivity index (χ3v) is 3.12. The molecule has 2 rings (SSSR count). The van der Waals surface area contributed by atoms with Gasteiger partial charge in [0.1, 0.15) is 0 Å². The summed E-state index contributed by atoms with van der Waals surface area (Å²) >= 11 is 0. The molecule has 2 amide bonds. The summed E-state index contributed by atoms with van der Waals surface area (Å²) in [5, 5.41) is 2.84. The molecule has 100 valence electrons. The molecule has 19 heavy (non-hydrogen) atoms. The van der Waals surface area contributed by atoms with Gasteiger partial charge in [-0.2, -0.15) is 0 Å². The van der Waals surface area contributed by atoms with Crippen molar-refractivity contribution in [2.75, 3.05) is 11.9 Å². The van der Waals surface area contributed by atoms with Crippen molar-refractivity contribution in [2.24, 2.45) is 0 Å². The smallest absolute Gasteiger partial charge is 0.318 e. The number of carbonyl (C=O) groups excluding carboxylic acids is 2. The van der Waals surface area contributed by atoms with Gasteiger partial charge in [-0.05, 0) is 44.0 Å². The monoisotopic (exact) mass is 258 g/mol. The summed E-state index contributed by atoms with van der Waals surface area (Å²) in [6.45, 7) is 5.75. The van der Waals surface area contributed by atoms with Gasteiger partial charge in [-0.15, -0.1) is 6.58 Å². The van der Waals surface area contributed by atoms with E-state index in [1.165, 1.54) is 6.92 Å². The van der Waals surface area contributed by atoms with E-state index < -0.39 is 0 Å². The van der Waals surface area contributed by atoms with Gasteiger partial charge in [0.15, 0.2) is 5.78 Å². The van der Waals surface area contributed by atoms with Gasteiger partial charge in [0.05, 0.1) is 0 Å². The predicted molar refractivity (Wildman–Crippen MR) is 75.4 cm³/mol. The molecule has 0 heterocycles. The molecule has 0 spiro atoms. The molecular formula is C15H18N2O2. The van der Waals surface area contributed by atoms with Crippen molar-refractivity contribution in [3.05, 3.63) is 42.5 Å². The first-order chi connectivity index (χ1) is 9.11. The van der Waals surface area contributed by atoms with Crippen LogP contribution in [0, 0.1) is 0 Å². The van der Waals surface area contributed by atoms with Crippen LogP contribution in [0.3, 0.4) is 0 Å². The highest BCUT2D eigenvalue weighted by Gasteiger charge is 2.31. The van der Waals surface area contributed by atoms with Crippen LogP contribution in [0.5, 0.6) is 0 Å². The van der Waals surface area contributed by atoms with Crippen molar-refractivity contribution in [1.82, 2.24) is 4.90 Å². The highest BCUT2D eigenvalue weighted by Crippen LogP contribution is 2.27. The fraction of sp³-hybridized carbons (Fsp3) is 0.333. The number of Topliss-reactive ketones (excluding diaryl/α,β-unsaturated/α-hetero) is 1. The summed E-state index contributed by atoms with van der Waals surface area (Å²) in [7, 11) is 0. The molecule has 1 aromatic rings. The fourth-order valence-corrected chi connectivity index (χ4v) is 1.91. The first-order valence-electron chi connectivity index (χ1n) is 6.41. The van der Waals surface area contributed by atoms with Crippen molar-refractivity contribution in [3.63, 3.8) is 0 Å². The Labute approximate surface area is 113 Å². The lowest BCUT2D eigenvalue weighted by atomic mass is 10.1. The number of benzene rings is 1. The Bertz CT molecular complexity index is 489. The summed E-state index contributed by atoms with van der Waals surface area (Å²) in [5.74, 6) is 0.0177. The lowest BCUT2D eigenvalue weighted by Crippen LogP contribution is -2.36. The number of hydrogen-bond acceptors (Lipinski definition) is 2. The number of urea groups is 1. The second-order valence-electron chi connectivity index (χ2n) is 4.74. The summed E-state index contributed by atoms with van der Waals surface area (Å²) < 4.78 is 0. The van der Waals surface area contributed by atoms with E-state index in [0.717, 1.165) is 12.8 Å². The average molecular weight is 258 g/mol. The molecule has 0 unspecified atom stereocenters. The first kappa shape index (κ1) is 13.3. The number of nitrogens with zero attached hydrogens (tertiary/aromatic N) is 1. The highest BCUT2D eigenvalue weighted by molar-refractivity contribution is 5.95. The van der Waals surface area contributed by atoms with E-state index in [1.807, 2.05) is 0 Å². The molecule has 1 aromatic carbocycles. The molecule has 0 atom stereocenters. The molecule has 4 nitrogen and oxygen atoms in total. The lowest BCUT2D eigenvalue weighted by Gasteiger charge is -2.21. The van der Waals surface area contributed by atoms with Crippen molar-refractivity contribution in [3.8, 4) is 0 Å². The van der Waals surface area contributed by atoms with E-state index in [1.54, 1.807) is 35.2 Å². The van der Waals surface area contributed by atoms with E-state index in [2.05, 4.69) is 11.9 Å². The van der Waals surface area contributed by atoms with Crippen LogP contribution >= 0.6 is 0 Å². The lowest BCUT2D eigenvalue weighted by molar-refractivity contribution is 0.101. The SMILES string of the molecule is C=CCN(C(=O)Nc1ccc(C(C)=O)cc1)C1CC1. The topological polar surface area (TPSA) is 49.4 Å². The van der Waals surface area contributed by atoms with Gasteiger partial charge >= 0.3 is 6.03 Å². The largest absolute Gasteiger partial charge is 0.322 e. The molecule has 1 N–H and O–H groups in total. The van der Waals surface area contributed by atoms with E-state index in [9.17, 15) is 9.59 Å². The molecular weight excluding hydrogens is 240 g/mol. The second kappa shape index (κ2) is 5.69. The van der Waals surface area contributed by atoms with E-state index in [4.69, 9.17) is 0 Å². The van der Waals surface area contributed by atoms with Crippen molar-refractivity contribution in [1.29, 1.82) is 0 Å². The van der Waals surface area contributed by atoms with Gasteiger partial charge in [0.2, 0.25) is 0 Å². The van der Waals surface area contributed by atoms with Crippen LogP contribution in [0.4, 0.5) is 10.5 Å². The van der Waals surface area contributed by atoms with E-state index in [0.29, 0.717) is 23.8 Å². The number of amides is 2. The molecule has 0 aliphatic heterocycles. The van der Waals surface area contributed by atoms with E-state index >= 15 is 0 Å². The second-order valence-corrected chi connectivity index (χ2v) is 4.74. The van der Waals surface area contributed by atoms with Crippen LogP contribution in [0.15, 0.2) is 36.9 Å². The molecule has 0 saturated heterocycles. The fourth-order valence-electron chi connectivity index (χ4n) is 1.91. The van der Waals surface area contributed by atoms with Gasteiger partial charge in [0.25, 0.3) is 0 Å². The molecule has 1 saturated carbocycles. The summed E-state index contributed by atoms with van der Waals surface area (Å²) in [5.41, 5.74) is 1.34. The number of anilines is 1. The Morgan fingerprint density at radius 3 is 2.47 bits per heavy atom. The zero-order chi connectivity index (χ0) is 13.8. The maximum atomic E-state index is 12.1. The Morgan fingerprint density at radius 1 is 1.37 bits per heavy atom. The molecule has 4 heteroatoms. The Balaban J connectivity index is 2.00. The molecule has 1 aliphatic rings. The van der Waals surface area contributed by atoms with Gasteiger partial charge in [-0.3, -0.25) is 4.79 Å². The minimum Gasteiger partial charge on any atom is -0.318 e. The average Bonchev–Trinajstić information content (AvgIpc) is 3.20. The molecule has 1 fully saturated rings. The minimum atomic E-state index is -0.113. The van der Waals surface area contributed by atoms with Crippen LogP contribution in [0.1, 0.15) is 30.1 Å². The van der Waals surface area contributed by atoms with Crippen LogP contribution < -0.4 is 5.32 Å². The maximum absolute atomic E-state index is 12.1. The van der Waals surface area contributed by atoms with E-state index in [-0.39, 0.29) is 11.8 Å². The minimum absolute atomic E-state index is 0.0177. The normalized spacial score (nSPS) is 13.7. The van der Waals surface area contributed by atoms with Crippen LogP contribution in [-0.2, 0) is 0 Å².